The molecule has 2 aromatic carbocycles. The van der Waals surface area contributed by atoms with Crippen LogP contribution in [0.4, 0.5) is 4.39 Å². The highest BCUT2D eigenvalue weighted by Gasteiger charge is 2.21. The van der Waals surface area contributed by atoms with Gasteiger partial charge in [0.1, 0.15) is 28.8 Å². The Morgan fingerprint density at radius 2 is 1.75 bits per heavy atom. The molecule has 9 heteroatoms. The number of para-hydroxylation sites is 1. The summed E-state index contributed by atoms with van der Waals surface area (Å²) in [6.45, 7) is 0.206. The van der Waals surface area contributed by atoms with Crippen molar-refractivity contribution in [2.24, 2.45) is 0 Å². The van der Waals surface area contributed by atoms with Crippen molar-refractivity contribution in [3.8, 4) is 5.75 Å². The lowest BCUT2D eigenvalue weighted by atomic mass is 10.1. The van der Waals surface area contributed by atoms with E-state index in [4.69, 9.17) is 13.9 Å². The lowest BCUT2D eigenvalue weighted by Gasteiger charge is -2.07. The molecule has 2 heterocycles. The average Bonchev–Trinajstić information content (AvgIpc) is 3.43. The Labute approximate surface area is 186 Å². The van der Waals surface area contributed by atoms with Crippen LogP contribution in [-0.2, 0) is 18.0 Å². The van der Waals surface area contributed by atoms with Crippen LogP contribution in [0.1, 0.15) is 31.6 Å². The van der Waals surface area contributed by atoms with Gasteiger partial charge in [-0.15, -0.1) is 11.3 Å². The third-order valence-corrected chi connectivity index (χ3v) is 5.75. The predicted octanol–water partition coefficient (Wildman–Crippen LogP) is 4.43. The molecule has 0 radical (unpaired) electrons. The second kappa shape index (κ2) is 9.63. The van der Waals surface area contributed by atoms with E-state index < -0.39 is 17.6 Å². The van der Waals surface area contributed by atoms with E-state index in [1.807, 2.05) is 30.3 Å². The van der Waals surface area contributed by atoms with E-state index in [0.29, 0.717) is 27.2 Å². The average molecular weight is 454 g/mol. The summed E-state index contributed by atoms with van der Waals surface area (Å²) in [5, 5.41) is 0.338. The molecule has 0 aliphatic carbocycles. The Morgan fingerprint density at radius 3 is 2.53 bits per heavy atom. The molecule has 0 bridgehead atoms. The van der Waals surface area contributed by atoms with E-state index >= 15 is 0 Å². The van der Waals surface area contributed by atoms with Crippen LogP contribution in [0.15, 0.2) is 65.1 Å². The van der Waals surface area contributed by atoms with Crippen molar-refractivity contribution < 1.29 is 27.9 Å². The molecule has 0 fully saturated rings. The molecule has 0 unspecified atom stereocenters. The van der Waals surface area contributed by atoms with Gasteiger partial charge in [0.2, 0.25) is 0 Å². The van der Waals surface area contributed by atoms with Crippen molar-refractivity contribution in [1.82, 2.24) is 10.9 Å². The van der Waals surface area contributed by atoms with Crippen molar-refractivity contribution in [2.75, 3.05) is 7.11 Å². The van der Waals surface area contributed by atoms with Crippen molar-refractivity contribution in [2.45, 2.75) is 13.2 Å². The van der Waals surface area contributed by atoms with E-state index in [1.165, 1.54) is 19.2 Å². The smallest absolute Gasteiger partial charge is 0.305 e. The molecule has 0 aliphatic heterocycles. The second-order valence-corrected chi connectivity index (χ2v) is 7.78. The first-order valence-electron chi connectivity index (χ1n) is 9.63. The number of fused-ring (bicyclic) bond motifs is 1. The highest BCUT2D eigenvalue weighted by molar-refractivity contribution is 7.21. The van der Waals surface area contributed by atoms with Crippen molar-refractivity contribution in [3.63, 3.8) is 0 Å². The van der Waals surface area contributed by atoms with Crippen LogP contribution in [0, 0.1) is 5.82 Å². The Morgan fingerprint density at radius 1 is 0.969 bits per heavy atom. The van der Waals surface area contributed by atoms with Crippen LogP contribution in [0.3, 0.4) is 0 Å². The van der Waals surface area contributed by atoms with E-state index in [9.17, 15) is 14.0 Å². The van der Waals surface area contributed by atoms with Gasteiger partial charge in [0.15, 0.2) is 5.76 Å². The van der Waals surface area contributed by atoms with Crippen LogP contribution in [0.25, 0.3) is 10.1 Å². The summed E-state index contributed by atoms with van der Waals surface area (Å²) in [4.78, 5) is 25.3. The quantitative estimate of drug-likeness (QED) is 0.403. The monoisotopic (exact) mass is 454 g/mol. The Balaban J connectivity index is 1.40. The normalized spacial score (nSPS) is 10.8. The number of rotatable bonds is 7. The molecule has 4 rings (SSSR count). The third kappa shape index (κ3) is 4.63. The zero-order valence-electron chi connectivity index (χ0n) is 17.0. The van der Waals surface area contributed by atoms with Gasteiger partial charge in [0.05, 0.1) is 6.61 Å². The van der Waals surface area contributed by atoms with E-state index in [1.54, 1.807) is 18.2 Å². The maximum absolute atomic E-state index is 14.3. The molecule has 32 heavy (non-hydrogen) atoms. The zero-order chi connectivity index (χ0) is 22.5. The molecule has 0 saturated heterocycles. The van der Waals surface area contributed by atoms with E-state index in [2.05, 4.69) is 10.9 Å². The van der Waals surface area contributed by atoms with E-state index in [-0.39, 0.29) is 23.9 Å². The number of hydrogen-bond donors (Lipinski definition) is 2. The lowest BCUT2D eigenvalue weighted by Crippen LogP contribution is -2.41. The van der Waals surface area contributed by atoms with Gasteiger partial charge in [-0.2, -0.15) is 0 Å². The number of carbonyl (C=O) groups excluding carboxylic acids is 2. The number of nitrogens with one attached hydrogen (secondary N) is 2. The van der Waals surface area contributed by atoms with Crippen LogP contribution < -0.4 is 15.6 Å². The number of amides is 2. The number of halogens is 1. The van der Waals surface area contributed by atoms with Gasteiger partial charge >= 0.3 is 5.91 Å². The summed E-state index contributed by atoms with van der Waals surface area (Å²) < 4.78 is 31.1. The fourth-order valence-electron chi connectivity index (χ4n) is 3.11. The van der Waals surface area contributed by atoms with Gasteiger partial charge in [0, 0.05) is 22.8 Å². The van der Waals surface area contributed by atoms with E-state index in [0.717, 1.165) is 11.3 Å². The first kappa shape index (κ1) is 21.5. The first-order chi connectivity index (χ1) is 15.6. The van der Waals surface area contributed by atoms with Gasteiger partial charge in [-0.05, 0) is 36.4 Å². The minimum absolute atomic E-state index is 0.0106. The number of ether oxygens (including phenoxy) is 2. The number of benzene rings is 2. The second-order valence-electron chi connectivity index (χ2n) is 6.73. The summed E-state index contributed by atoms with van der Waals surface area (Å²) in [6.07, 6.45) is 0. The minimum Gasteiger partial charge on any atom is -0.486 e. The molecule has 2 amide bonds. The number of hydrogen-bond acceptors (Lipinski definition) is 6. The van der Waals surface area contributed by atoms with Gasteiger partial charge in [-0.25, -0.2) is 4.39 Å². The van der Waals surface area contributed by atoms with Crippen LogP contribution in [0.2, 0.25) is 0 Å². The molecule has 2 aromatic heterocycles. The number of methoxy groups -OCH3 is 1. The summed E-state index contributed by atoms with van der Waals surface area (Å²) in [7, 11) is 1.46. The summed E-state index contributed by atoms with van der Waals surface area (Å²) in [5.41, 5.74) is 5.08. The molecule has 0 saturated carbocycles. The molecule has 0 atom stereocenters. The molecule has 164 valence electrons. The number of carbonyl (C=O) groups is 2. The van der Waals surface area contributed by atoms with Gasteiger partial charge in [0.25, 0.3) is 5.91 Å². The summed E-state index contributed by atoms with van der Waals surface area (Å²) in [6, 6.07) is 16.9. The molecule has 4 aromatic rings. The fraction of sp³-hybridized carbons (Fsp3) is 0.130. The third-order valence-electron chi connectivity index (χ3n) is 4.56. The van der Waals surface area contributed by atoms with Crippen molar-refractivity contribution >= 4 is 33.2 Å². The Kier molecular flexibility index (Phi) is 6.48. The van der Waals surface area contributed by atoms with Crippen LogP contribution in [0.5, 0.6) is 5.75 Å². The zero-order valence-corrected chi connectivity index (χ0v) is 17.8. The largest absolute Gasteiger partial charge is 0.486 e. The van der Waals surface area contributed by atoms with Crippen LogP contribution in [-0.4, -0.2) is 18.9 Å². The standard InChI is InChI=1S/C23H19FN2O5S/c1-29-13-16-20-17(24)8-5-9-19(20)32-21(16)23(28)26-25-22(27)18-11-10-15(31-18)12-30-14-6-3-2-4-7-14/h2-11H,12-13H2,1H3,(H,25,27)(H,26,28). The Bertz CT molecular complexity index is 1250. The molecule has 0 aliphatic rings. The number of hydrazine groups is 1. The maximum Gasteiger partial charge on any atom is 0.305 e. The summed E-state index contributed by atoms with van der Waals surface area (Å²) in [5.74, 6) is -0.511. The highest BCUT2D eigenvalue weighted by Crippen LogP contribution is 2.33. The molecular formula is C23H19FN2O5S. The van der Waals surface area contributed by atoms with Crippen molar-refractivity contribution in [1.29, 1.82) is 0 Å². The lowest BCUT2D eigenvalue weighted by molar-refractivity contribution is 0.0828. The van der Waals surface area contributed by atoms with Gasteiger partial charge in [-0.3, -0.25) is 20.4 Å². The Hall–Kier alpha value is -3.69. The topological polar surface area (TPSA) is 89.8 Å². The van der Waals surface area contributed by atoms with Crippen molar-refractivity contribution in [3.05, 3.63) is 88.4 Å². The maximum atomic E-state index is 14.3. The first-order valence-corrected chi connectivity index (χ1v) is 10.4. The fourth-order valence-corrected chi connectivity index (χ4v) is 4.23. The summed E-state index contributed by atoms with van der Waals surface area (Å²) >= 11 is 1.12. The number of furan rings is 1. The highest BCUT2D eigenvalue weighted by atomic mass is 32.1. The van der Waals surface area contributed by atoms with Gasteiger partial charge in [-0.1, -0.05) is 24.3 Å². The molecular weight excluding hydrogens is 435 g/mol. The molecule has 7 nitrogen and oxygen atoms in total. The minimum atomic E-state index is -0.634. The van der Waals surface area contributed by atoms with Crippen LogP contribution >= 0.6 is 11.3 Å². The van der Waals surface area contributed by atoms with Gasteiger partial charge < -0.3 is 13.9 Å². The predicted molar refractivity (Wildman–Crippen MR) is 117 cm³/mol. The molecule has 0 spiro atoms. The number of thiophene rings is 1. The molecule has 2 N–H and O–H groups in total. The SMILES string of the molecule is COCc1c(C(=O)NNC(=O)c2ccc(COc3ccccc3)o2)sc2cccc(F)c12.